The Labute approximate surface area is 86.0 Å². The maximum atomic E-state index is 11.8. The summed E-state index contributed by atoms with van der Waals surface area (Å²) in [6.45, 7) is -2.63. The molecule has 1 aromatic rings. The van der Waals surface area contributed by atoms with E-state index in [1.807, 2.05) is 0 Å². The summed E-state index contributed by atoms with van der Waals surface area (Å²) < 4.78 is 27.8. The first-order valence-electron chi connectivity index (χ1n) is 4.36. The van der Waals surface area contributed by atoms with Crippen LogP contribution in [0.15, 0.2) is 24.3 Å². The molecule has 0 heterocycles. The van der Waals surface area contributed by atoms with Crippen molar-refractivity contribution in [2.75, 3.05) is 13.6 Å². The van der Waals surface area contributed by atoms with Crippen molar-refractivity contribution >= 4 is 5.78 Å². The SMILES string of the molecule is CNCC(=O)c1ccc(OC(F)F)cc1. The number of halogens is 2. The molecule has 82 valence electrons. The number of rotatable bonds is 5. The highest BCUT2D eigenvalue weighted by Crippen LogP contribution is 2.14. The van der Waals surface area contributed by atoms with Gasteiger partial charge in [0.05, 0.1) is 6.54 Å². The molecule has 0 atom stereocenters. The average molecular weight is 215 g/mol. The fourth-order valence-electron chi connectivity index (χ4n) is 1.08. The second-order valence-corrected chi connectivity index (χ2v) is 2.86. The summed E-state index contributed by atoms with van der Waals surface area (Å²) in [6.07, 6.45) is 0. The molecule has 0 bridgehead atoms. The van der Waals surface area contributed by atoms with Gasteiger partial charge in [-0.15, -0.1) is 0 Å². The van der Waals surface area contributed by atoms with Crippen molar-refractivity contribution in [2.45, 2.75) is 6.61 Å². The molecular weight excluding hydrogens is 204 g/mol. The molecule has 0 saturated carbocycles. The van der Waals surface area contributed by atoms with Gasteiger partial charge in [0.2, 0.25) is 0 Å². The summed E-state index contributed by atoms with van der Waals surface area (Å²) in [4.78, 5) is 11.3. The van der Waals surface area contributed by atoms with Crippen LogP contribution in [0, 0.1) is 0 Å². The van der Waals surface area contributed by atoms with Gasteiger partial charge in [0.15, 0.2) is 5.78 Å². The first-order valence-corrected chi connectivity index (χ1v) is 4.36. The number of Topliss-reactive ketones (excluding diaryl/α,β-unsaturated/α-hetero) is 1. The normalized spacial score (nSPS) is 10.4. The maximum Gasteiger partial charge on any atom is 0.387 e. The first-order chi connectivity index (χ1) is 7.13. The van der Waals surface area contributed by atoms with Crippen molar-refractivity contribution in [3.8, 4) is 5.75 Å². The van der Waals surface area contributed by atoms with Crippen LogP contribution >= 0.6 is 0 Å². The zero-order valence-electron chi connectivity index (χ0n) is 8.17. The van der Waals surface area contributed by atoms with Crippen LogP contribution in [0.4, 0.5) is 8.78 Å². The van der Waals surface area contributed by atoms with E-state index in [0.717, 1.165) is 0 Å². The monoisotopic (exact) mass is 215 g/mol. The van der Waals surface area contributed by atoms with Gasteiger partial charge >= 0.3 is 6.61 Å². The van der Waals surface area contributed by atoms with Gasteiger partial charge in [-0.2, -0.15) is 8.78 Å². The Morgan fingerprint density at radius 1 is 1.40 bits per heavy atom. The Hall–Kier alpha value is -1.49. The number of benzene rings is 1. The maximum absolute atomic E-state index is 11.8. The van der Waals surface area contributed by atoms with Gasteiger partial charge in [-0.25, -0.2) is 0 Å². The van der Waals surface area contributed by atoms with Crippen LogP contribution in [0.25, 0.3) is 0 Å². The number of carbonyl (C=O) groups excluding carboxylic acids is 1. The highest BCUT2D eigenvalue weighted by Gasteiger charge is 2.06. The molecule has 5 heteroatoms. The predicted octanol–water partition coefficient (Wildman–Crippen LogP) is 1.69. The molecule has 0 saturated heterocycles. The van der Waals surface area contributed by atoms with Crippen molar-refractivity contribution < 1.29 is 18.3 Å². The number of hydrogen-bond donors (Lipinski definition) is 1. The van der Waals surface area contributed by atoms with Crippen LogP contribution in [0.3, 0.4) is 0 Å². The molecule has 1 rings (SSSR count). The van der Waals surface area contributed by atoms with Crippen molar-refractivity contribution in [1.29, 1.82) is 0 Å². The number of ketones is 1. The molecule has 0 radical (unpaired) electrons. The number of nitrogens with one attached hydrogen (secondary N) is 1. The molecule has 0 aliphatic carbocycles. The molecule has 1 aromatic carbocycles. The van der Waals surface area contributed by atoms with Gasteiger partial charge in [0, 0.05) is 5.56 Å². The fourth-order valence-corrected chi connectivity index (χ4v) is 1.08. The number of ether oxygens (including phenoxy) is 1. The second kappa shape index (κ2) is 5.41. The quantitative estimate of drug-likeness (QED) is 0.759. The Balaban J connectivity index is 2.67. The van der Waals surface area contributed by atoms with E-state index in [4.69, 9.17) is 0 Å². The van der Waals surface area contributed by atoms with Crippen LogP contribution in [-0.4, -0.2) is 26.0 Å². The lowest BCUT2D eigenvalue weighted by Crippen LogP contribution is -2.18. The molecule has 0 spiro atoms. The Bertz CT molecular complexity index is 325. The van der Waals surface area contributed by atoms with E-state index in [2.05, 4.69) is 10.1 Å². The van der Waals surface area contributed by atoms with Crippen LogP contribution in [-0.2, 0) is 0 Å². The molecule has 0 aliphatic rings. The minimum atomic E-state index is -2.84. The van der Waals surface area contributed by atoms with Crippen molar-refractivity contribution in [3.63, 3.8) is 0 Å². The lowest BCUT2D eigenvalue weighted by molar-refractivity contribution is -0.0498. The largest absolute Gasteiger partial charge is 0.435 e. The van der Waals surface area contributed by atoms with E-state index in [-0.39, 0.29) is 18.1 Å². The van der Waals surface area contributed by atoms with Gasteiger partial charge in [-0.3, -0.25) is 4.79 Å². The highest BCUT2D eigenvalue weighted by atomic mass is 19.3. The third kappa shape index (κ3) is 3.63. The number of carbonyl (C=O) groups is 1. The second-order valence-electron chi connectivity index (χ2n) is 2.86. The summed E-state index contributed by atoms with van der Waals surface area (Å²) in [6, 6.07) is 5.60. The molecule has 0 amide bonds. The zero-order valence-corrected chi connectivity index (χ0v) is 8.17. The molecule has 0 aromatic heterocycles. The average Bonchev–Trinajstić information content (AvgIpc) is 2.18. The topological polar surface area (TPSA) is 38.3 Å². The molecule has 0 aliphatic heterocycles. The Morgan fingerprint density at radius 3 is 2.47 bits per heavy atom. The van der Waals surface area contributed by atoms with Gasteiger partial charge < -0.3 is 10.1 Å². The molecule has 3 nitrogen and oxygen atoms in total. The third-order valence-electron chi connectivity index (χ3n) is 1.74. The van der Waals surface area contributed by atoms with Gasteiger partial charge in [-0.05, 0) is 31.3 Å². The number of alkyl halides is 2. The zero-order chi connectivity index (χ0) is 11.3. The smallest absolute Gasteiger partial charge is 0.387 e. The minimum Gasteiger partial charge on any atom is -0.435 e. The first kappa shape index (κ1) is 11.6. The van der Waals surface area contributed by atoms with E-state index < -0.39 is 6.61 Å². The van der Waals surface area contributed by atoms with Crippen LogP contribution in [0.1, 0.15) is 10.4 Å². The third-order valence-corrected chi connectivity index (χ3v) is 1.74. The lowest BCUT2D eigenvalue weighted by Gasteiger charge is -2.05. The summed E-state index contributed by atoms with van der Waals surface area (Å²) in [5.74, 6) is -0.0490. The Kier molecular flexibility index (Phi) is 4.17. The van der Waals surface area contributed by atoms with E-state index >= 15 is 0 Å². The minimum absolute atomic E-state index is 0.0472. The molecule has 1 N–H and O–H groups in total. The summed E-state index contributed by atoms with van der Waals surface area (Å²) in [5.41, 5.74) is 0.464. The van der Waals surface area contributed by atoms with Gasteiger partial charge in [-0.1, -0.05) is 0 Å². The molecular formula is C10H11F2NO2. The van der Waals surface area contributed by atoms with E-state index in [1.54, 1.807) is 7.05 Å². The lowest BCUT2D eigenvalue weighted by atomic mass is 10.1. The molecule has 0 unspecified atom stereocenters. The van der Waals surface area contributed by atoms with Crippen LogP contribution in [0.5, 0.6) is 5.75 Å². The van der Waals surface area contributed by atoms with Crippen molar-refractivity contribution in [3.05, 3.63) is 29.8 Å². The standard InChI is InChI=1S/C10H11F2NO2/c1-13-6-9(14)7-2-4-8(5-3-7)15-10(11)12/h2-5,10,13H,6H2,1H3. The van der Waals surface area contributed by atoms with Crippen LogP contribution in [0.2, 0.25) is 0 Å². The van der Waals surface area contributed by atoms with E-state index in [0.29, 0.717) is 5.56 Å². The highest BCUT2D eigenvalue weighted by molar-refractivity contribution is 5.97. The van der Waals surface area contributed by atoms with Gasteiger partial charge in [0.1, 0.15) is 5.75 Å². The van der Waals surface area contributed by atoms with Crippen LogP contribution < -0.4 is 10.1 Å². The van der Waals surface area contributed by atoms with Crippen molar-refractivity contribution in [2.24, 2.45) is 0 Å². The van der Waals surface area contributed by atoms with Gasteiger partial charge in [0.25, 0.3) is 0 Å². The molecule has 15 heavy (non-hydrogen) atoms. The predicted molar refractivity (Wildman–Crippen MR) is 51.3 cm³/mol. The molecule has 0 fully saturated rings. The summed E-state index contributed by atoms with van der Waals surface area (Å²) in [5, 5.41) is 2.71. The summed E-state index contributed by atoms with van der Waals surface area (Å²) in [7, 11) is 1.66. The van der Waals surface area contributed by atoms with Crippen molar-refractivity contribution in [1.82, 2.24) is 5.32 Å². The summed E-state index contributed by atoms with van der Waals surface area (Å²) >= 11 is 0. The Morgan fingerprint density at radius 2 is 2.00 bits per heavy atom. The van der Waals surface area contributed by atoms with E-state index in [1.165, 1.54) is 24.3 Å². The van der Waals surface area contributed by atoms with E-state index in [9.17, 15) is 13.6 Å². The number of hydrogen-bond acceptors (Lipinski definition) is 3. The number of likely N-dealkylation sites (N-methyl/N-ethyl adjacent to an activating group) is 1. The fraction of sp³-hybridized carbons (Fsp3) is 0.300.